The van der Waals surface area contributed by atoms with Crippen LogP contribution < -0.4 is 0 Å². The van der Waals surface area contributed by atoms with Crippen LogP contribution in [0.15, 0.2) is 30.5 Å². The average Bonchev–Trinajstić information content (AvgIpc) is 2.87. The molecule has 0 amide bonds. The minimum absolute atomic E-state index is 0.00104. The Bertz CT molecular complexity index is 653. The van der Waals surface area contributed by atoms with Gasteiger partial charge in [0.05, 0.1) is 18.1 Å². The number of benzene rings is 1. The number of nitro groups is 1. The van der Waals surface area contributed by atoms with Crippen LogP contribution in [0, 0.1) is 15.9 Å². The van der Waals surface area contributed by atoms with Gasteiger partial charge in [-0.25, -0.2) is 13.9 Å². The maximum atomic E-state index is 13.0. The number of hydrogen-bond donors (Lipinski definition) is 0. The van der Waals surface area contributed by atoms with Gasteiger partial charge in [-0.1, -0.05) is 0 Å². The van der Waals surface area contributed by atoms with Crippen LogP contribution >= 0.6 is 0 Å². The van der Waals surface area contributed by atoms with Crippen LogP contribution in [0.4, 0.5) is 10.1 Å². The Hall–Kier alpha value is -2.77. The number of rotatable bonds is 3. The fraction of sp³-hybridized carbons (Fsp3) is 0.0909. The Labute approximate surface area is 106 Å². The van der Waals surface area contributed by atoms with E-state index in [1.54, 1.807) is 0 Å². The Morgan fingerprint density at radius 2 is 2.21 bits per heavy atom. The third-order valence-electron chi connectivity index (χ3n) is 2.36. The molecule has 2 rings (SSSR count). The first-order valence-electron chi connectivity index (χ1n) is 5.11. The molecule has 2 aromatic rings. The van der Waals surface area contributed by atoms with Crippen molar-refractivity contribution in [2.45, 2.75) is 0 Å². The number of methoxy groups -OCH3 is 1. The Kier molecular flexibility index (Phi) is 3.23. The molecular weight excluding hydrogens is 257 g/mol. The fourth-order valence-electron chi connectivity index (χ4n) is 1.51. The lowest BCUT2D eigenvalue weighted by Gasteiger charge is -2.02. The molecule has 0 radical (unpaired) electrons. The van der Waals surface area contributed by atoms with Crippen molar-refractivity contribution in [1.29, 1.82) is 0 Å². The molecule has 0 spiro atoms. The van der Waals surface area contributed by atoms with Gasteiger partial charge in [-0.2, -0.15) is 5.10 Å². The van der Waals surface area contributed by atoms with E-state index in [1.807, 2.05) is 0 Å². The van der Waals surface area contributed by atoms with Gasteiger partial charge in [-0.3, -0.25) is 10.1 Å². The van der Waals surface area contributed by atoms with Crippen LogP contribution in [0.1, 0.15) is 10.5 Å². The summed E-state index contributed by atoms with van der Waals surface area (Å²) in [6.07, 6.45) is 1.35. The van der Waals surface area contributed by atoms with Crippen molar-refractivity contribution in [3.8, 4) is 5.69 Å². The largest absolute Gasteiger partial charge is 0.464 e. The molecular formula is C11H8FN3O4. The molecule has 0 atom stereocenters. The SMILES string of the molecule is COC(=O)c1ccn(-c2ccc(F)cc2[N+](=O)[O-])n1. The van der Waals surface area contributed by atoms with Gasteiger partial charge >= 0.3 is 5.97 Å². The maximum absolute atomic E-state index is 13.0. The van der Waals surface area contributed by atoms with E-state index in [1.165, 1.54) is 25.4 Å². The highest BCUT2D eigenvalue weighted by atomic mass is 19.1. The summed E-state index contributed by atoms with van der Waals surface area (Å²) in [6.45, 7) is 0. The molecule has 0 aliphatic rings. The van der Waals surface area contributed by atoms with Crippen molar-refractivity contribution in [3.05, 3.63) is 52.1 Å². The van der Waals surface area contributed by atoms with E-state index >= 15 is 0 Å². The molecule has 8 heteroatoms. The van der Waals surface area contributed by atoms with Gasteiger partial charge in [-0.15, -0.1) is 0 Å². The summed E-state index contributed by atoms with van der Waals surface area (Å²) in [6, 6.07) is 4.41. The highest BCUT2D eigenvalue weighted by molar-refractivity contribution is 5.87. The first kappa shape index (κ1) is 12.7. The van der Waals surface area contributed by atoms with Crippen molar-refractivity contribution >= 4 is 11.7 Å². The van der Waals surface area contributed by atoms with E-state index in [9.17, 15) is 19.3 Å². The molecule has 0 bridgehead atoms. The number of carbonyl (C=O) groups excluding carboxylic acids is 1. The van der Waals surface area contributed by atoms with Crippen molar-refractivity contribution in [3.63, 3.8) is 0 Å². The normalized spacial score (nSPS) is 10.2. The topological polar surface area (TPSA) is 87.3 Å². The van der Waals surface area contributed by atoms with Crippen molar-refractivity contribution in [1.82, 2.24) is 9.78 Å². The number of nitrogens with zero attached hydrogens (tertiary/aromatic N) is 3. The van der Waals surface area contributed by atoms with Gasteiger partial charge in [0.2, 0.25) is 0 Å². The van der Waals surface area contributed by atoms with E-state index < -0.39 is 22.4 Å². The standard InChI is InChI=1S/C11H8FN3O4/c1-19-11(16)8-4-5-14(13-8)9-3-2-7(12)6-10(9)15(17)18/h2-6H,1H3. The molecule has 0 N–H and O–H groups in total. The van der Waals surface area contributed by atoms with Crippen LogP contribution in [0.25, 0.3) is 5.69 Å². The highest BCUT2D eigenvalue weighted by Crippen LogP contribution is 2.23. The van der Waals surface area contributed by atoms with Gasteiger partial charge in [0, 0.05) is 6.20 Å². The number of nitro benzene ring substituents is 1. The zero-order valence-corrected chi connectivity index (χ0v) is 9.74. The number of esters is 1. The highest BCUT2D eigenvalue weighted by Gasteiger charge is 2.18. The monoisotopic (exact) mass is 265 g/mol. The quantitative estimate of drug-likeness (QED) is 0.479. The molecule has 0 saturated heterocycles. The molecule has 0 fully saturated rings. The number of ether oxygens (including phenoxy) is 1. The zero-order chi connectivity index (χ0) is 14.0. The van der Waals surface area contributed by atoms with Gasteiger partial charge in [0.25, 0.3) is 5.69 Å². The molecule has 0 aliphatic carbocycles. The number of hydrogen-bond acceptors (Lipinski definition) is 5. The second-order valence-corrected chi connectivity index (χ2v) is 3.53. The molecule has 0 saturated carbocycles. The maximum Gasteiger partial charge on any atom is 0.358 e. The third kappa shape index (κ3) is 2.41. The molecule has 0 unspecified atom stereocenters. The average molecular weight is 265 g/mol. The third-order valence-corrected chi connectivity index (χ3v) is 2.36. The minimum atomic E-state index is -0.726. The van der Waals surface area contributed by atoms with Gasteiger partial charge in [0.1, 0.15) is 11.5 Å². The lowest BCUT2D eigenvalue weighted by molar-refractivity contribution is -0.384. The van der Waals surface area contributed by atoms with Crippen molar-refractivity contribution in [2.75, 3.05) is 7.11 Å². The number of carbonyl (C=O) groups is 1. The summed E-state index contributed by atoms with van der Waals surface area (Å²) < 4.78 is 18.6. The molecule has 0 aliphatic heterocycles. The summed E-state index contributed by atoms with van der Waals surface area (Å²) in [7, 11) is 1.20. The van der Waals surface area contributed by atoms with E-state index in [0.29, 0.717) is 0 Å². The number of halogens is 1. The predicted octanol–water partition coefficient (Wildman–Crippen LogP) is 1.71. The molecule has 1 aromatic carbocycles. The summed E-state index contributed by atoms with van der Waals surface area (Å²) in [5.74, 6) is -1.39. The molecule has 1 heterocycles. The first-order valence-corrected chi connectivity index (χ1v) is 5.11. The van der Waals surface area contributed by atoms with E-state index in [2.05, 4.69) is 9.84 Å². The molecule has 19 heavy (non-hydrogen) atoms. The first-order chi connectivity index (χ1) is 9.02. The molecule has 1 aromatic heterocycles. The smallest absolute Gasteiger partial charge is 0.358 e. The van der Waals surface area contributed by atoms with Crippen LogP contribution in [-0.2, 0) is 4.74 Å². The second-order valence-electron chi connectivity index (χ2n) is 3.53. The van der Waals surface area contributed by atoms with E-state index in [-0.39, 0.29) is 11.4 Å². The van der Waals surface area contributed by atoms with Crippen molar-refractivity contribution < 1.29 is 18.8 Å². The van der Waals surface area contributed by atoms with E-state index in [4.69, 9.17) is 0 Å². The summed E-state index contributed by atoms with van der Waals surface area (Å²) >= 11 is 0. The lowest BCUT2D eigenvalue weighted by atomic mass is 10.2. The predicted molar refractivity (Wildman–Crippen MR) is 61.5 cm³/mol. The Morgan fingerprint density at radius 3 is 2.84 bits per heavy atom. The minimum Gasteiger partial charge on any atom is -0.464 e. The second kappa shape index (κ2) is 4.84. The summed E-state index contributed by atoms with van der Waals surface area (Å²) in [4.78, 5) is 21.4. The van der Waals surface area contributed by atoms with Gasteiger partial charge in [0.15, 0.2) is 5.69 Å². The van der Waals surface area contributed by atoms with E-state index in [0.717, 1.165) is 16.8 Å². The zero-order valence-electron chi connectivity index (χ0n) is 9.74. The van der Waals surface area contributed by atoms with Crippen molar-refractivity contribution in [2.24, 2.45) is 0 Å². The van der Waals surface area contributed by atoms with Crippen LogP contribution in [-0.4, -0.2) is 27.8 Å². The summed E-state index contributed by atoms with van der Waals surface area (Å²) in [5.41, 5.74) is -0.387. The van der Waals surface area contributed by atoms with Crippen LogP contribution in [0.5, 0.6) is 0 Å². The Morgan fingerprint density at radius 1 is 1.47 bits per heavy atom. The Balaban J connectivity index is 2.50. The lowest BCUT2D eigenvalue weighted by Crippen LogP contribution is -2.05. The molecule has 98 valence electrons. The van der Waals surface area contributed by atoms with Crippen LogP contribution in [0.3, 0.4) is 0 Å². The fourth-order valence-corrected chi connectivity index (χ4v) is 1.51. The number of aromatic nitrogens is 2. The van der Waals surface area contributed by atoms with Gasteiger partial charge < -0.3 is 4.74 Å². The summed E-state index contributed by atoms with van der Waals surface area (Å²) in [5, 5.41) is 14.7. The van der Waals surface area contributed by atoms with Gasteiger partial charge in [-0.05, 0) is 18.2 Å². The molecule has 7 nitrogen and oxygen atoms in total. The van der Waals surface area contributed by atoms with Crippen LogP contribution in [0.2, 0.25) is 0 Å².